The number of carbonyl (C=O) groups is 3. The quantitative estimate of drug-likeness (QED) is 0.338. The average Bonchev–Trinajstić information content (AvgIpc) is 2.65. The van der Waals surface area contributed by atoms with Crippen LogP contribution >= 0.6 is 0 Å². The minimum atomic E-state index is -2.98. The standard InChI is InChI=1S/C22H25N3O7/c1-25(2)16-12-7-10-5-8-3-4-9(20(23)29)6-11(8)17(26)13(10)18(27)14(12)22(31,32)15(19(16)28)21(24)30/h3-4,6,10,12,14,16,27-28,31-32H,5,7H2,1-2H3,(H2,23,29)(H2,24,30). The molecule has 0 fully saturated rings. The van der Waals surface area contributed by atoms with Crippen LogP contribution in [-0.2, 0) is 11.2 Å². The van der Waals surface area contributed by atoms with Gasteiger partial charge in [0.05, 0.1) is 12.0 Å². The summed E-state index contributed by atoms with van der Waals surface area (Å²) >= 11 is 0. The Morgan fingerprint density at radius 1 is 1.09 bits per heavy atom. The Kier molecular flexibility index (Phi) is 4.92. The van der Waals surface area contributed by atoms with E-state index in [1.54, 1.807) is 25.1 Å². The van der Waals surface area contributed by atoms with Crippen molar-refractivity contribution in [3.8, 4) is 0 Å². The van der Waals surface area contributed by atoms with E-state index < -0.39 is 64.3 Å². The first kappa shape index (κ1) is 22.0. The predicted octanol–water partition coefficient (Wildman–Crippen LogP) is -0.489. The number of carbonyl (C=O) groups excluding carboxylic acids is 3. The Bertz CT molecular complexity index is 1120. The monoisotopic (exact) mass is 443 g/mol. The van der Waals surface area contributed by atoms with Crippen LogP contribution in [0.4, 0.5) is 0 Å². The number of aliphatic hydroxyl groups is 4. The van der Waals surface area contributed by atoms with Crippen LogP contribution in [0, 0.1) is 17.8 Å². The number of amides is 2. The first-order chi connectivity index (χ1) is 14.9. The molecule has 0 heterocycles. The molecule has 1 aromatic rings. The van der Waals surface area contributed by atoms with Crippen molar-refractivity contribution in [1.29, 1.82) is 0 Å². The summed E-state index contributed by atoms with van der Waals surface area (Å²) in [5.41, 5.74) is 10.8. The number of fused-ring (bicyclic) bond motifs is 3. The Morgan fingerprint density at radius 3 is 2.31 bits per heavy atom. The molecule has 32 heavy (non-hydrogen) atoms. The van der Waals surface area contributed by atoms with Crippen LogP contribution in [0.2, 0.25) is 0 Å². The molecule has 3 aliphatic carbocycles. The molecule has 10 heteroatoms. The third-order valence-electron chi connectivity index (χ3n) is 6.86. The van der Waals surface area contributed by atoms with Crippen molar-refractivity contribution in [2.45, 2.75) is 24.7 Å². The number of nitrogens with two attached hydrogens (primary N) is 2. The van der Waals surface area contributed by atoms with Crippen LogP contribution in [0.15, 0.2) is 40.9 Å². The molecule has 0 saturated heterocycles. The van der Waals surface area contributed by atoms with E-state index in [1.807, 2.05) is 0 Å². The summed E-state index contributed by atoms with van der Waals surface area (Å²) in [6, 6.07) is 3.69. The second kappa shape index (κ2) is 7.16. The largest absolute Gasteiger partial charge is 0.511 e. The topological polar surface area (TPSA) is 187 Å². The number of rotatable bonds is 3. The van der Waals surface area contributed by atoms with Crippen LogP contribution in [-0.4, -0.2) is 68.8 Å². The van der Waals surface area contributed by atoms with Crippen LogP contribution in [0.5, 0.6) is 0 Å². The number of aliphatic hydroxyl groups excluding tert-OH is 2. The molecule has 8 N–H and O–H groups in total. The highest BCUT2D eigenvalue weighted by Crippen LogP contribution is 2.53. The zero-order valence-corrected chi connectivity index (χ0v) is 17.6. The molecule has 170 valence electrons. The smallest absolute Gasteiger partial charge is 0.253 e. The van der Waals surface area contributed by atoms with Crippen LogP contribution in [0.25, 0.3) is 0 Å². The molecule has 1 aromatic carbocycles. The number of Topliss-reactive ketones (excluding diaryl/α,β-unsaturated/α-hetero) is 1. The minimum Gasteiger partial charge on any atom is -0.511 e. The number of allylic oxidation sites excluding steroid dienone is 1. The van der Waals surface area contributed by atoms with Crippen LogP contribution in [0.3, 0.4) is 0 Å². The summed E-state index contributed by atoms with van der Waals surface area (Å²) < 4.78 is 0. The number of primary amides is 2. The zero-order valence-electron chi connectivity index (χ0n) is 17.6. The predicted molar refractivity (Wildman–Crippen MR) is 111 cm³/mol. The van der Waals surface area contributed by atoms with E-state index >= 15 is 0 Å². The van der Waals surface area contributed by atoms with Gasteiger partial charge < -0.3 is 31.9 Å². The van der Waals surface area contributed by atoms with E-state index in [0.717, 1.165) is 0 Å². The number of hydrogen-bond acceptors (Lipinski definition) is 8. The lowest BCUT2D eigenvalue weighted by Gasteiger charge is -2.51. The van der Waals surface area contributed by atoms with E-state index in [4.69, 9.17) is 11.5 Å². The lowest BCUT2D eigenvalue weighted by Crippen LogP contribution is -2.60. The maximum atomic E-state index is 13.3. The summed E-state index contributed by atoms with van der Waals surface area (Å²) in [5, 5.41) is 43.7. The first-order valence-corrected chi connectivity index (χ1v) is 10.1. The molecule has 0 bridgehead atoms. The molecule has 0 aromatic heterocycles. The van der Waals surface area contributed by atoms with Gasteiger partial charge in [-0.1, -0.05) is 6.07 Å². The zero-order chi connectivity index (χ0) is 23.7. The maximum Gasteiger partial charge on any atom is 0.253 e. The second-order valence-corrected chi connectivity index (χ2v) is 8.90. The highest BCUT2D eigenvalue weighted by Gasteiger charge is 2.60. The molecule has 10 nitrogen and oxygen atoms in total. The van der Waals surface area contributed by atoms with E-state index in [9.17, 15) is 34.8 Å². The fourth-order valence-electron chi connectivity index (χ4n) is 5.61. The van der Waals surface area contributed by atoms with Gasteiger partial charge in [0, 0.05) is 16.7 Å². The Morgan fingerprint density at radius 2 is 1.75 bits per heavy atom. The summed E-state index contributed by atoms with van der Waals surface area (Å²) in [7, 11) is 3.28. The molecule has 0 aliphatic heterocycles. The van der Waals surface area contributed by atoms with Gasteiger partial charge in [0.2, 0.25) is 11.7 Å². The van der Waals surface area contributed by atoms with Gasteiger partial charge in [0.25, 0.3) is 5.91 Å². The molecule has 0 saturated carbocycles. The summed E-state index contributed by atoms with van der Waals surface area (Å²) in [6.07, 6.45) is 0.592. The molecule has 0 spiro atoms. The Labute approximate surface area is 183 Å². The third kappa shape index (κ3) is 2.94. The van der Waals surface area contributed by atoms with Gasteiger partial charge in [-0.2, -0.15) is 0 Å². The van der Waals surface area contributed by atoms with Gasteiger partial charge >= 0.3 is 0 Å². The van der Waals surface area contributed by atoms with Gasteiger partial charge in [-0.3, -0.25) is 19.3 Å². The van der Waals surface area contributed by atoms with Crippen molar-refractivity contribution in [1.82, 2.24) is 4.90 Å². The van der Waals surface area contributed by atoms with E-state index in [0.29, 0.717) is 12.0 Å². The van der Waals surface area contributed by atoms with Crippen molar-refractivity contribution in [2.24, 2.45) is 29.2 Å². The summed E-state index contributed by atoms with van der Waals surface area (Å²) in [5.74, 6) is -9.27. The summed E-state index contributed by atoms with van der Waals surface area (Å²) in [4.78, 5) is 38.5. The van der Waals surface area contributed by atoms with Crippen molar-refractivity contribution < 1.29 is 34.8 Å². The van der Waals surface area contributed by atoms with Gasteiger partial charge in [0.15, 0.2) is 5.78 Å². The lowest BCUT2D eigenvalue weighted by molar-refractivity contribution is -0.200. The molecule has 3 aliphatic rings. The Hall–Kier alpha value is -3.21. The van der Waals surface area contributed by atoms with Crippen molar-refractivity contribution in [3.63, 3.8) is 0 Å². The van der Waals surface area contributed by atoms with Crippen molar-refractivity contribution in [3.05, 3.63) is 57.6 Å². The molecule has 2 amide bonds. The van der Waals surface area contributed by atoms with Crippen molar-refractivity contribution in [2.75, 3.05) is 14.1 Å². The molecule has 4 rings (SSSR count). The van der Waals surface area contributed by atoms with Gasteiger partial charge in [-0.05, 0) is 56.5 Å². The number of likely N-dealkylation sites (N-methyl/N-ethyl adjacent to an activating group) is 1. The third-order valence-corrected chi connectivity index (χ3v) is 6.86. The average molecular weight is 443 g/mol. The normalized spacial score (nSPS) is 28.8. The molecular formula is C22H25N3O7. The van der Waals surface area contributed by atoms with Crippen LogP contribution < -0.4 is 11.5 Å². The molecule has 0 radical (unpaired) electrons. The van der Waals surface area contributed by atoms with E-state index in [-0.39, 0.29) is 23.1 Å². The number of benzene rings is 1. The molecule has 4 unspecified atom stereocenters. The maximum absolute atomic E-state index is 13.3. The van der Waals surface area contributed by atoms with Crippen molar-refractivity contribution >= 4 is 17.6 Å². The SMILES string of the molecule is CN(C)C1C(O)=C(C(N)=O)C(O)(O)C2C(O)=C3C(=O)c4cc(C(N)=O)ccc4CC3CC12. The number of nitrogens with zero attached hydrogens (tertiary/aromatic N) is 1. The van der Waals surface area contributed by atoms with Gasteiger partial charge in [-0.25, -0.2) is 0 Å². The first-order valence-electron chi connectivity index (χ1n) is 10.1. The number of hydrogen-bond donors (Lipinski definition) is 6. The molecular weight excluding hydrogens is 418 g/mol. The van der Waals surface area contributed by atoms with Crippen LogP contribution in [0.1, 0.15) is 32.7 Å². The van der Waals surface area contributed by atoms with E-state index in [2.05, 4.69) is 0 Å². The summed E-state index contributed by atoms with van der Waals surface area (Å²) in [6.45, 7) is 0. The highest BCUT2D eigenvalue weighted by atomic mass is 16.5. The fourth-order valence-corrected chi connectivity index (χ4v) is 5.61. The second-order valence-electron chi connectivity index (χ2n) is 8.90. The molecule has 4 atom stereocenters. The number of ketones is 1. The lowest BCUT2D eigenvalue weighted by atomic mass is 9.59. The van der Waals surface area contributed by atoms with Gasteiger partial charge in [0.1, 0.15) is 17.1 Å². The highest BCUT2D eigenvalue weighted by molar-refractivity contribution is 6.12. The minimum absolute atomic E-state index is 0.00411. The van der Waals surface area contributed by atoms with Gasteiger partial charge in [-0.15, -0.1) is 0 Å². The van der Waals surface area contributed by atoms with E-state index in [1.165, 1.54) is 12.1 Å². The Balaban J connectivity index is 1.91. The fraction of sp³-hybridized carbons (Fsp3) is 0.409.